The fraction of sp³-hybridized carbons (Fsp3) is 0.300. The normalized spacial score (nSPS) is 11.3. The Kier molecular flexibility index (Phi) is 7.51. The molecule has 3 aromatic rings. The van der Waals surface area contributed by atoms with Crippen molar-refractivity contribution in [3.05, 3.63) is 58.4 Å². The molecular weight excluding hydrogens is 418 g/mol. The first-order chi connectivity index (χ1) is 14.0. The van der Waals surface area contributed by atoms with Crippen LogP contribution in [0.15, 0.2) is 57.3 Å². The molecule has 2 aromatic carbocycles. The van der Waals surface area contributed by atoms with Gasteiger partial charge in [-0.3, -0.25) is 9.36 Å². The van der Waals surface area contributed by atoms with Crippen molar-refractivity contribution in [2.24, 2.45) is 0 Å². The molecule has 1 N–H and O–H groups in total. The third-order valence-electron chi connectivity index (χ3n) is 4.18. The molecule has 1 aromatic heterocycles. The maximum absolute atomic E-state index is 12.8. The first kappa shape index (κ1) is 21.6. The number of aliphatic hydroxyl groups is 1. The number of nitrogens with zero attached hydrogens (tertiary/aromatic N) is 2. The smallest absolute Gasteiger partial charge is 0.289 e. The van der Waals surface area contributed by atoms with Crippen molar-refractivity contribution in [1.29, 1.82) is 0 Å². The number of ether oxygens (including phenoxy) is 1. The van der Waals surface area contributed by atoms with E-state index in [2.05, 4.69) is 4.98 Å². The monoisotopic (exact) mass is 438 g/mol. The lowest BCUT2D eigenvalue weighted by atomic mass is 10.2. The number of thioether (sulfide) groups is 2. The van der Waals surface area contributed by atoms with Gasteiger partial charge in [0.2, 0.25) is 0 Å². The molecule has 154 valence electrons. The molecule has 0 bridgehead atoms. The summed E-state index contributed by atoms with van der Waals surface area (Å²) in [6, 6.07) is 12.2. The zero-order valence-electron chi connectivity index (χ0n) is 15.7. The van der Waals surface area contributed by atoms with Gasteiger partial charge in [0.05, 0.1) is 22.9 Å². The third kappa shape index (κ3) is 5.29. The lowest BCUT2D eigenvalue weighted by Crippen LogP contribution is -2.24. The number of fused-ring (bicyclic) bond motifs is 1. The highest BCUT2D eigenvalue weighted by molar-refractivity contribution is 7.99. The number of alkyl halides is 2. The third-order valence-corrected chi connectivity index (χ3v) is 6.00. The van der Waals surface area contributed by atoms with E-state index in [9.17, 15) is 13.6 Å². The van der Waals surface area contributed by atoms with E-state index in [0.29, 0.717) is 57.2 Å². The van der Waals surface area contributed by atoms with Gasteiger partial charge < -0.3 is 9.84 Å². The van der Waals surface area contributed by atoms with Crippen molar-refractivity contribution < 1.29 is 18.6 Å². The van der Waals surface area contributed by atoms with Gasteiger partial charge in [0, 0.05) is 18.9 Å². The predicted octanol–water partition coefficient (Wildman–Crippen LogP) is 4.39. The number of hydrogen-bond donors (Lipinski definition) is 1. The van der Waals surface area contributed by atoms with Gasteiger partial charge in [0.15, 0.2) is 5.16 Å². The average molecular weight is 439 g/mol. The minimum atomic E-state index is -2.52. The van der Waals surface area contributed by atoms with Crippen molar-refractivity contribution in [2.75, 3.05) is 13.7 Å². The van der Waals surface area contributed by atoms with E-state index in [4.69, 9.17) is 9.84 Å². The SMILES string of the molecule is COc1cc(CSc2nc3ccccc3c(=O)n2CCCO)ccc1SC(F)F. The number of halogens is 2. The summed E-state index contributed by atoms with van der Waals surface area (Å²) in [5, 5.41) is 10.2. The quantitative estimate of drug-likeness (QED) is 0.395. The number of rotatable bonds is 9. The summed E-state index contributed by atoms with van der Waals surface area (Å²) >= 11 is 1.82. The van der Waals surface area contributed by atoms with E-state index in [-0.39, 0.29) is 12.2 Å². The summed E-state index contributed by atoms with van der Waals surface area (Å²) in [7, 11) is 1.44. The van der Waals surface area contributed by atoms with Crippen molar-refractivity contribution >= 4 is 34.4 Å². The van der Waals surface area contributed by atoms with Crippen LogP contribution in [0, 0.1) is 0 Å². The molecular formula is C20H20F2N2O3S2. The van der Waals surface area contributed by atoms with Crippen molar-refractivity contribution in [3.8, 4) is 5.75 Å². The van der Waals surface area contributed by atoms with Crippen LogP contribution in [0.1, 0.15) is 12.0 Å². The highest BCUT2D eigenvalue weighted by Crippen LogP contribution is 2.35. The zero-order valence-corrected chi connectivity index (χ0v) is 17.3. The minimum absolute atomic E-state index is 0.0240. The van der Waals surface area contributed by atoms with E-state index < -0.39 is 5.76 Å². The zero-order chi connectivity index (χ0) is 20.8. The Hall–Kier alpha value is -2.10. The Labute approximate surface area is 175 Å². The Morgan fingerprint density at radius 1 is 1.24 bits per heavy atom. The number of hydrogen-bond acceptors (Lipinski definition) is 6. The molecule has 1 heterocycles. The van der Waals surface area contributed by atoms with Crippen LogP contribution < -0.4 is 10.3 Å². The molecule has 0 saturated heterocycles. The minimum Gasteiger partial charge on any atom is -0.496 e. The van der Waals surface area contributed by atoms with Crippen LogP contribution in [-0.2, 0) is 12.3 Å². The summed E-state index contributed by atoms with van der Waals surface area (Å²) in [5.41, 5.74) is 1.33. The van der Waals surface area contributed by atoms with Gasteiger partial charge in [0.25, 0.3) is 11.3 Å². The molecule has 0 saturated carbocycles. The molecule has 0 unspecified atom stereocenters. The van der Waals surface area contributed by atoms with Crippen LogP contribution in [0.4, 0.5) is 8.78 Å². The van der Waals surface area contributed by atoms with Crippen LogP contribution in [0.5, 0.6) is 5.75 Å². The van der Waals surface area contributed by atoms with Crippen LogP contribution in [0.25, 0.3) is 10.9 Å². The highest BCUT2D eigenvalue weighted by Gasteiger charge is 2.14. The first-order valence-corrected chi connectivity index (χ1v) is 10.7. The summed E-state index contributed by atoms with van der Waals surface area (Å²) in [5.74, 6) is -1.65. The maximum atomic E-state index is 12.8. The fourth-order valence-corrected chi connectivity index (χ4v) is 4.39. The first-order valence-electron chi connectivity index (χ1n) is 8.88. The molecule has 3 rings (SSSR count). The van der Waals surface area contributed by atoms with Gasteiger partial charge in [-0.1, -0.05) is 41.7 Å². The summed E-state index contributed by atoms with van der Waals surface area (Å²) in [4.78, 5) is 17.8. The van der Waals surface area contributed by atoms with Gasteiger partial charge in [0.1, 0.15) is 5.75 Å². The summed E-state index contributed by atoms with van der Waals surface area (Å²) in [6.07, 6.45) is 0.445. The summed E-state index contributed by atoms with van der Waals surface area (Å²) in [6.45, 7) is 0.340. The Morgan fingerprint density at radius 2 is 2.03 bits per heavy atom. The lowest BCUT2D eigenvalue weighted by molar-refractivity contribution is 0.251. The molecule has 0 radical (unpaired) electrons. The van der Waals surface area contributed by atoms with Gasteiger partial charge in [-0.25, -0.2) is 4.98 Å². The van der Waals surface area contributed by atoms with E-state index in [1.165, 1.54) is 18.9 Å². The van der Waals surface area contributed by atoms with Crippen LogP contribution in [-0.4, -0.2) is 34.1 Å². The van der Waals surface area contributed by atoms with E-state index in [1.807, 2.05) is 6.07 Å². The van der Waals surface area contributed by atoms with E-state index in [1.54, 1.807) is 41.0 Å². The number of aliphatic hydroxyl groups excluding tert-OH is 1. The van der Waals surface area contributed by atoms with E-state index in [0.717, 1.165) is 5.56 Å². The number of benzene rings is 2. The maximum Gasteiger partial charge on any atom is 0.289 e. The Morgan fingerprint density at radius 3 is 2.76 bits per heavy atom. The van der Waals surface area contributed by atoms with E-state index >= 15 is 0 Å². The second kappa shape index (κ2) is 10.1. The summed E-state index contributed by atoms with van der Waals surface area (Å²) < 4.78 is 32.1. The number of methoxy groups -OCH3 is 1. The number of para-hydroxylation sites is 1. The van der Waals surface area contributed by atoms with Crippen LogP contribution >= 0.6 is 23.5 Å². The lowest BCUT2D eigenvalue weighted by Gasteiger charge is -2.13. The Bertz CT molecular complexity index is 1040. The fourth-order valence-electron chi connectivity index (χ4n) is 2.83. The van der Waals surface area contributed by atoms with Crippen molar-refractivity contribution in [3.63, 3.8) is 0 Å². The molecule has 5 nitrogen and oxygen atoms in total. The Balaban J connectivity index is 1.88. The van der Waals surface area contributed by atoms with Crippen molar-refractivity contribution in [2.45, 2.75) is 34.5 Å². The van der Waals surface area contributed by atoms with Gasteiger partial charge in [-0.15, -0.1) is 0 Å². The largest absolute Gasteiger partial charge is 0.496 e. The van der Waals surface area contributed by atoms with Gasteiger partial charge >= 0.3 is 0 Å². The van der Waals surface area contributed by atoms with Crippen LogP contribution in [0.2, 0.25) is 0 Å². The second-order valence-corrected chi connectivity index (χ2v) is 8.07. The molecule has 29 heavy (non-hydrogen) atoms. The molecule has 0 fully saturated rings. The number of aromatic nitrogens is 2. The molecule has 9 heteroatoms. The highest BCUT2D eigenvalue weighted by atomic mass is 32.2. The van der Waals surface area contributed by atoms with Gasteiger partial charge in [-0.05, 0) is 36.2 Å². The average Bonchev–Trinajstić information content (AvgIpc) is 2.72. The molecule has 0 atom stereocenters. The topological polar surface area (TPSA) is 64.3 Å². The molecule has 0 amide bonds. The second-order valence-electron chi connectivity index (χ2n) is 6.10. The molecule has 0 spiro atoms. The standard InChI is InChI=1S/C20H20F2N2O3S2/c1-27-16-11-13(7-8-17(16)29-19(21)22)12-28-20-23-15-6-3-2-5-14(15)18(26)24(20)9-4-10-25/h2-3,5-8,11,19,25H,4,9-10,12H2,1H3. The van der Waals surface area contributed by atoms with Gasteiger partial charge in [-0.2, -0.15) is 8.78 Å². The van der Waals surface area contributed by atoms with Crippen LogP contribution in [0.3, 0.4) is 0 Å². The molecule has 0 aliphatic rings. The van der Waals surface area contributed by atoms with Crippen molar-refractivity contribution in [1.82, 2.24) is 9.55 Å². The molecule has 0 aliphatic carbocycles. The molecule has 0 aliphatic heterocycles. The predicted molar refractivity (Wildman–Crippen MR) is 112 cm³/mol.